The predicted octanol–water partition coefficient (Wildman–Crippen LogP) is 18.6. The fourth-order valence-electron chi connectivity index (χ4n) is 6.36. The number of aromatic amines is 2. The van der Waals surface area contributed by atoms with Crippen molar-refractivity contribution in [2.45, 2.75) is 158 Å². The van der Waals surface area contributed by atoms with Crippen molar-refractivity contribution in [2.75, 3.05) is 0 Å². The van der Waals surface area contributed by atoms with Crippen molar-refractivity contribution in [3.63, 3.8) is 0 Å². The van der Waals surface area contributed by atoms with Gasteiger partial charge in [0.25, 0.3) is 0 Å². The summed E-state index contributed by atoms with van der Waals surface area (Å²) >= 11 is 9.59. The largest absolute Gasteiger partial charge is 0.357 e. The Bertz CT molecular complexity index is 2100. The van der Waals surface area contributed by atoms with Crippen LogP contribution in [0.15, 0.2) is 54.0 Å². The highest BCUT2D eigenvalue weighted by Crippen LogP contribution is 2.40. The van der Waals surface area contributed by atoms with Crippen LogP contribution in [0.3, 0.4) is 0 Å². The molecule has 0 aromatic carbocycles. The third kappa shape index (κ3) is 10.5. The molecule has 8 heterocycles. The minimum Gasteiger partial charge on any atom is -0.357 e. The van der Waals surface area contributed by atoms with Crippen molar-refractivity contribution in [3.05, 3.63) is 90.5 Å². The molecule has 8 aromatic heterocycles. The topological polar surface area (TPSA) is 36.5 Å². The molecule has 3 nitrogen and oxygen atoms in total. The van der Waals surface area contributed by atoms with Gasteiger partial charge in [0.15, 0.2) is 0 Å². The summed E-state index contributed by atoms with van der Waals surface area (Å²) in [6.07, 6.45) is 2.19. The summed E-state index contributed by atoms with van der Waals surface area (Å²) < 4.78 is 8.16. The normalized spacial score (nSPS) is 12.1. The van der Waals surface area contributed by atoms with E-state index >= 15 is 0 Å². The van der Waals surface area contributed by atoms with E-state index in [9.17, 15) is 0 Å². The van der Waals surface area contributed by atoms with Crippen LogP contribution in [0.4, 0.5) is 0 Å². The lowest BCUT2D eigenvalue weighted by atomic mass is 10.1. The van der Waals surface area contributed by atoms with Crippen molar-refractivity contribution in [3.8, 4) is 0 Å². The molecule has 0 aliphatic heterocycles. The molecule has 8 rings (SSSR count). The molecule has 0 bridgehead atoms. The standard InChI is InChI=1S/3C12H17NS.C12H16S2/c1-7(2)9-5-12-10(13-9)6-11(14-12)8(3)4;1-7(2)10-5-9-6-11(8(3)4)14-12(9)13-10;1-8(2)12-7-10-11(14-12)5-6-13(10)9(3)4;1-7(2)9-6-13-11-5-10(8(3)4)14-12(9)11/h2*5-8,13H,1-4H3;5-9H,1-4H3;5-8H,1-4H3. The highest BCUT2D eigenvalue weighted by molar-refractivity contribution is 7.27. The number of hydrogen-bond acceptors (Lipinski definition) is 5. The summed E-state index contributed by atoms with van der Waals surface area (Å²) in [4.78, 5) is 14.3. The summed E-state index contributed by atoms with van der Waals surface area (Å²) in [6.45, 7) is 35.9. The van der Waals surface area contributed by atoms with Gasteiger partial charge in [0.2, 0.25) is 0 Å². The molecule has 0 spiro atoms. The summed E-state index contributed by atoms with van der Waals surface area (Å²) in [5, 5.41) is 3.69. The van der Waals surface area contributed by atoms with E-state index in [2.05, 4.69) is 179 Å². The van der Waals surface area contributed by atoms with Crippen molar-refractivity contribution in [1.82, 2.24) is 14.5 Å². The minimum atomic E-state index is 0.558. The maximum atomic E-state index is 3.49. The van der Waals surface area contributed by atoms with E-state index in [1.54, 1.807) is 0 Å². The van der Waals surface area contributed by atoms with Gasteiger partial charge in [-0.2, -0.15) is 0 Å². The molecule has 304 valence electrons. The molecular weight excluding hydrogens is 779 g/mol. The van der Waals surface area contributed by atoms with Crippen LogP contribution in [-0.4, -0.2) is 14.5 Å². The first kappa shape index (κ1) is 44.5. The molecule has 8 heteroatoms. The Labute approximate surface area is 357 Å². The number of H-pyrrole nitrogens is 2. The summed E-state index contributed by atoms with van der Waals surface area (Å²) in [5.74, 6) is 4.44. The first-order valence-electron chi connectivity index (χ1n) is 20.7. The quantitative estimate of drug-likeness (QED) is 0.153. The van der Waals surface area contributed by atoms with Gasteiger partial charge in [-0.3, -0.25) is 0 Å². The second-order valence-corrected chi connectivity index (χ2v) is 22.9. The average Bonchev–Trinajstić information content (AvgIpc) is 3.94. The molecular formula is C48H67N3S5. The van der Waals surface area contributed by atoms with Crippen LogP contribution in [0.5, 0.6) is 0 Å². The molecule has 8 aromatic rings. The number of hydrogen-bond donors (Lipinski definition) is 2. The second-order valence-electron chi connectivity index (χ2n) is 17.6. The Balaban J connectivity index is 0.000000143. The van der Waals surface area contributed by atoms with Gasteiger partial charge in [-0.25, -0.2) is 0 Å². The minimum absolute atomic E-state index is 0.558. The summed E-state index contributed by atoms with van der Waals surface area (Å²) in [5.41, 5.74) is 6.93. The number of rotatable bonds is 8. The SMILES string of the molecule is CC(C)c1cc2c(ccn2C(C)C)s1.CC(C)c1cc2cc(C(C)C)sc2[nH]1.CC(C)c1cc2sc(C(C)C)cc2[nH]1.CC(C)c1cc2scc(C(C)C)c2s1. The van der Waals surface area contributed by atoms with Crippen LogP contribution >= 0.6 is 56.7 Å². The Morgan fingerprint density at radius 1 is 0.482 bits per heavy atom. The Kier molecular flexibility index (Phi) is 15.1. The molecule has 0 radical (unpaired) electrons. The summed E-state index contributed by atoms with van der Waals surface area (Å²) in [7, 11) is 0. The second kappa shape index (κ2) is 19.0. The number of fused-ring (bicyclic) bond motifs is 4. The predicted molar refractivity (Wildman–Crippen MR) is 261 cm³/mol. The average molecular weight is 846 g/mol. The van der Waals surface area contributed by atoms with Gasteiger partial charge in [0, 0.05) is 57.9 Å². The highest BCUT2D eigenvalue weighted by atomic mass is 32.1. The Morgan fingerprint density at radius 2 is 1.04 bits per heavy atom. The van der Waals surface area contributed by atoms with Crippen LogP contribution in [0, 0.1) is 0 Å². The third-order valence-corrected chi connectivity index (χ3v) is 16.8. The highest BCUT2D eigenvalue weighted by Gasteiger charge is 2.14. The van der Waals surface area contributed by atoms with E-state index in [1.807, 2.05) is 56.7 Å². The number of aromatic nitrogens is 3. The van der Waals surface area contributed by atoms with E-state index in [1.165, 1.54) is 76.5 Å². The zero-order valence-corrected chi connectivity index (χ0v) is 40.9. The molecule has 0 amide bonds. The number of thiophene rings is 5. The van der Waals surface area contributed by atoms with Crippen molar-refractivity contribution in [2.24, 2.45) is 0 Å². The van der Waals surface area contributed by atoms with Gasteiger partial charge >= 0.3 is 0 Å². The Hall–Kier alpha value is -2.62. The monoisotopic (exact) mass is 845 g/mol. The van der Waals surface area contributed by atoms with Gasteiger partial charge in [0.05, 0.1) is 20.4 Å². The van der Waals surface area contributed by atoms with Crippen LogP contribution < -0.4 is 0 Å². The molecule has 0 saturated heterocycles. The van der Waals surface area contributed by atoms with E-state index in [0.717, 1.165) is 0 Å². The fourth-order valence-corrected chi connectivity index (χ4v) is 12.3. The van der Waals surface area contributed by atoms with E-state index in [-0.39, 0.29) is 0 Å². The van der Waals surface area contributed by atoms with Crippen molar-refractivity contribution < 1.29 is 0 Å². The van der Waals surface area contributed by atoms with Crippen molar-refractivity contribution in [1.29, 1.82) is 0 Å². The van der Waals surface area contributed by atoms with E-state index in [4.69, 9.17) is 0 Å². The molecule has 0 fully saturated rings. The molecule has 0 aliphatic carbocycles. The van der Waals surface area contributed by atoms with Gasteiger partial charge in [-0.05, 0) is 109 Å². The van der Waals surface area contributed by atoms with Crippen LogP contribution in [0.2, 0.25) is 0 Å². The summed E-state index contributed by atoms with van der Waals surface area (Å²) in [6, 6.07) is 16.7. The fraction of sp³-hybridized carbons (Fsp3) is 0.500. The van der Waals surface area contributed by atoms with Gasteiger partial charge in [-0.1, -0.05) is 96.9 Å². The molecule has 0 unspecified atom stereocenters. The zero-order chi connectivity index (χ0) is 41.2. The first-order valence-corrected chi connectivity index (χ1v) is 24.8. The lowest BCUT2D eigenvalue weighted by Crippen LogP contribution is -1.96. The molecule has 2 N–H and O–H groups in total. The Morgan fingerprint density at radius 3 is 1.57 bits per heavy atom. The van der Waals surface area contributed by atoms with E-state index in [0.29, 0.717) is 47.5 Å². The smallest absolute Gasteiger partial charge is 0.100 e. The van der Waals surface area contributed by atoms with E-state index < -0.39 is 0 Å². The lowest BCUT2D eigenvalue weighted by molar-refractivity contribution is 0.623. The first-order chi connectivity index (χ1) is 26.3. The van der Waals surface area contributed by atoms with Gasteiger partial charge < -0.3 is 14.5 Å². The van der Waals surface area contributed by atoms with Crippen LogP contribution in [0.1, 0.15) is 195 Å². The molecule has 0 saturated carbocycles. The third-order valence-electron chi connectivity index (χ3n) is 10.1. The maximum Gasteiger partial charge on any atom is 0.100 e. The van der Waals surface area contributed by atoms with Crippen molar-refractivity contribution >= 4 is 96.7 Å². The molecule has 0 atom stereocenters. The molecule has 0 aliphatic rings. The maximum absolute atomic E-state index is 3.49. The number of nitrogens with zero attached hydrogens (tertiary/aromatic N) is 1. The van der Waals surface area contributed by atoms with Gasteiger partial charge in [0.1, 0.15) is 4.83 Å². The van der Waals surface area contributed by atoms with Gasteiger partial charge in [-0.15, -0.1) is 56.7 Å². The lowest BCUT2D eigenvalue weighted by Gasteiger charge is -2.07. The number of nitrogens with one attached hydrogen (secondary N) is 2. The zero-order valence-electron chi connectivity index (χ0n) is 36.8. The molecule has 56 heavy (non-hydrogen) atoms. The van der Waals surface area contributed by atoms with Crippen LogP contribution in [-0.2, 0) is 0 Å². The van der Waals surface area contributed by atoms with Crippen LogP contribution in [0.25, 0.3) is 40.0 Å².